The molecule has 1 N–H and O–H groups in total. The number of aromatic nitrogens is 2. The van der Waals surface area contributed by atoms with E-state index in [1.165, 1.54) is 6.07 Å². The fraction of sp³-hybridized carbons (Fsp3) is 0.278. The van der Waals surface area contributed by atoms with E-state index in [-0.39, 0.29) is 21.9 Å². The van der Waals surface area contributed by atoms with Crippen molar-refractivity contribution in [2.45, 2.75) is 24.0 Å². The van der Waals surface area contributed by atoms with Gasteiger partial charge >= 0.3 is 11.8 Å². The van der Waals surface area contributed by atoms with Crippen molar-refractivity contribution < 1.29 is 17.6 Å². The van der Waals surface area contributed by atoms with Gasteiger partial charge in [-0.3, -0.25) is 9.52 Å². The van der Waals surface area contributed by atoms with Gasteiger partial charge in [-0.25, -0.2) is 8.42 Å². The summed E-state index contributed by atoms with van der Waals surface area (Å²) >= 11 is 1.04. The van der Waals surface area contributed by atoms with Gasteiger partial charge in [0, 0.05) is 24.2 Å². The van der Waals surface area contributed by atoms with Gasteiger partial charge in [-0.1, -0.05) is 12.1 Å². The lowest BCUT2D eigenvalue weighted by atomic mass is 10.2. The van der Waals surface area contributed by atoms with E-state index in [4.69, 9.17) is 4.42 Å². The second-order valence-electron chi connectivity index (χ2n) is 6.54. The van der Waals surface area contributed by atoms with Crippen molar-refractivity contribution in [1.29, 1.82) is 0 Å². The van der Waals surface area contributed by atoms with Gasteiger partial charge < -0.3 is 9.32 Å². The van der Waals surface area contributed by atoms with E-state index in [0.717, 1.165) is 29.7 Å². The zero-order chi connectivity index (χ0) is 19.7. The Bertz CT molecular complexity index is 1110. The van der Waals surface area contributed by atoms with Gasteiger partial charge in [-0.05, 0) is 43.5 Å². The summed E-state index contributed by atoms with van der Waals surface area (Å²) < 4.78 is 33.4. The van der Waals surface area contributed by atoms with Crippen LogP contribution < -0.4 is 4.72 Å². The molecule has 8 nitrogen and oxygen atoms in total. The van der Waals surface area contributed by atoms with E-state index in [1.807, 2.05) is 13.0 Å². The third kappa shape index (κ3) is 3.78. The molecule has 0 unspecified atom stereocenters. The molecule has 0 radical (unpaired) electrons. The summed E-state index contributed by atoms with van der Waals surface area (Å²) in [6.45, 7) is 3.25. The molecule has 3 aromatic rings. The van der Waals surface area contributed by atoms with E-state index in [1.54, 1.807) is 28.5 Å². The highest BCUT2D eigenvalue weighted by Crippen LogP contribution is 2.29. The number of thiophene rings is 1. The predicted molar refractivity (Wildman–Crippen MR) is 105 cm³/mol. The van der Waals surface area contributed by atoms with Crippen molar-refractivity contribution in [3.05, 3.63) is 47.2 Å². The first-order valence-electron chi connectivity index (χ1n) is 8.73. The van der Waals surface area contributed by atoms with Crippen LogP contribution in [0.25, 0.3) is 11.5 Å². The molecule has 28 heavy (non-hydrogen) atoms. The number of aryl methyl sites for hydroxylation is 1. The number of likely N-dealkylation sites (tertiary alicyclic amines) is 1. The first-order chi connectivity index (χ1) is 13.4. The minimum absolute atomic E-state index is 0.0783. The van der Waals surface area contributed by atoms with Crippen molar-refractivity contribution in [1.82, 2.24) is 15.1 Å². The van der Waals surface area contributed by atoms with Crippen LogP contribution in [0.4, 0.5) is 5.69 Å². The lowest BCUT2D eigenvalue weighted by molar-refractivity contribution is 0.0754. The summed E-state index contributed by atoms with van der Waals surface area (Å²) in [4.78, 5) is 14.0. The second-order valence-corrected chi connectivity index (χ2v) is 9.36. The van der Waals surface area contributed by atoms with E-state index < -0.39 is 10.0 Å². The lowest BCUT2D eigenvalue weighted by Crippen LogP contribution is -2.27. The first-order valence-corrected chi connectivity index (χ1v) is 11.1. The van der Waals surface area contributed by atoms with Crippen LogP contribution >= 0.6 is 11.3 Å². The largest absolute Gasteiger partial charge is 0.412 e. The summed E-state index contributed by atoms with van der Waals surface area (Å²) in [7, 11) is -3.74. The molecule has 1 saturated heterocycles. The number of rotatable bonds is 5. The molecule has 4 rings (SSSR count). The Hall–Kier alpha value is -2.72. The van der Waals surface area contributed by atoms with Crippen molar-refractivity contribution in [3.8, 4) is 11.5 Å². The number of sulfonamides is 1. The summed E-state index contributed by atoms with van der Waals surface area (Å²) in [6, 6.07) is 8.57. The zero-order valence-electron chi connectivity index (χ0n) is 15.1. The third-order valence-corrected chi connectivity index (χ3v) is 7.18. The molecule has 2 aromatic heterocycles. The van der Waals surface area contributed by atoms with E-state index >= 15 is 0 Å². The van der Waals surface area contributed by atoms with E-state index in [0.29, 0.717) is 24.3 Å². The molecule has 0 saturated carbocycles. The normalized spacial score (nSPS) is 14.4. The van der Waals surface area contributed by atoms with Gasteiger partial charge in [0.05, 0.1) is 5.56 Å². The fourth-order valence-electron chi connectivity index (χ4n) is 2.97. The van der Waals surface area contributed by atoms with Gasteiger partial charge in [0.25, 0.3) is 10.0 Å². The van der Waals surface area contributed by atoms with Crippen molar-refractivity contribution in [2.24, 2.45) is 0 Å². The summed E-state index contributed by atoms with van der Waals surface area (Å²) in [5.74, 6) is -0.248. The highest BCUT2D eigenvalue weighted by molar-refractivity contribution is 7.94. The molecule has 1 amide bonds. The summed E-state index contributed by atoms with van der Waals surface area (Å²) in [5.41, 5.74) is 1.90. The fourth-order valence-corrected chi connectivity index (χ4v) is 5.17. The molecule has 3 heterocycles. The van der Waals surface area contributed by atoms with Gasteiger partial charge in [0.2, 0.25) is 5.89 Å². The number of nitrogens with one attached hydrogen (secondary N) is 1. The standard InChI is InChI=1S/C18H18N4O4S2/c1-12-5-4-6-14(9-12)21-28(24,25)15-10-13(11-27-15)16-19-20-17(26-16)18(23)22-7-2-3-8-22/h4-6,9-11,21H,2-3,7-8H2,1H3. The number of nitrogens with zero attached hydrogens (tertiary/aromatic N) is 3. The average molecular weight is 419 g/mol. The Morgan fingerprint density at radius 3 is 2.75 bits per heavy atom. The number of hydrogen-bond donors (Lipinski definition) is 1. The molecule has 1 aliphatic heterocycles. The van der Waals surface area contributed by atoms with Crippen LogP contribution in [0.1, 0.15) is 29.1 Å². The van der Waals surface area contributed by atoms with Gasteiger partial charge in [-0.2, -0.15) is 0 Å². The molecule has 0 spiro atoms. The maximum atomic E-state index is 12.6. The number of carbonyl (C=O) groups is 1. The Morgan fingerprint density at radius 1 is 1.21 bits per heavy atom. The molecular formula is C18H18N4O4S2. The minimum Gasteiger partial charge on any atom is -0.412 e. The van der Waals surface area contributed by atoms with Crippen LogP contribution in [0.5, 0.6) is 0 Å². The van der Waals surface area contributed by atoms with Crippen LogP contribution in [0.2, 0.25) is 0 Å². The Kier molecular flexibility index (Phi) is 4.90. The molecule has 1 aromatic carbocycles. The molecule has 10 heteroatoms. The third-order valence-electron chi connectivity index (χ3n) is 4.36. The molecule has 0 aliphatic carbocycles. The average Bonchev–Trinajstić information content (AvgIpc) is 3.41. The van der Waals surface area contributed by atoms with Crippen LogP contribution in [0.3, 0.4) is 0 Å². The van der Waals surface area contributed by atoms with Crippen molar-refractivity contribution >= 4 is 33.0 Å². The predicted octanol–water partition coefficient (Wildman–Crippen LogP) is 3.14. The minimum atomic E-state index is -3.74. The maximum absolute atomic E-state index is 12.6. The topological polar surface area (TPSA) is 105 Å². The van der Waals surface area contributed by atoms with Gasteiger partial charge in [0.15, 0.2) is 0 Å². The molecular weight excluding hydrogens is 400 g/mol. The highest BCUT2D eigenvalue weighted by atomic mass is 32.2. The van der Waals surface area contributed by atoms with Gasteiger partial charge in [0.1, 0.15) is 4.21 Å². The first kappa shape index (κ1) is 18.6. The SMILES string of the molecule is Cc1cccc(NS(=O)(=O)c2cc(-c3nnc(C(=O)N4CCCC4)o3)cs2)c1. The monoisotopic (exact) mass is 418 g/mol. The van der Waals surface area contributed by atoms with E-state index in [9.17, 15) is 13.2 Å². The number of benzene rings is 1. The van der Waals surface area contributed by atoms with Crippen LogP contribution in [-0.4, -0.2) is 42.5 Å². The molecule has 1 aliphatic rings. The number of anilines is 1. The van der Waals surface area contributed by atoms with Crippen LogP contribution in [-0.2, 0) is 10.0 Å². The number of amides is 1. The maximum Gasteiger partial charge on any atom is 0.311 e. The van der Waals surface area contributed by atoms with Crippen LogP contribution in [0.15, 0.2) is 44.3 Å². The summed E-state index contributed by atoms with van der Waals surface area (Å²) in [5, 5.41) is 9.33. The molecule has 0 atom stereocenters. The molecule has 146 valence electrons. The van der Waals surface area contributed by atoms with E-state index in [2.05, 4.69) is 14.9 Å². The van der Waals surface area contributed by atoms with Gasteiger partial charge in [-0.15, -0.1) is 21.5 Å². The molecule has 1 fully saturated rings. The quantitative estimate of drug-likeness (QED) is 0.682. The lowest BCUT2D eigenvalue weighted by Gasteiger charge is -2.11. The molecule has 0 bridgehead atoms. The van der Waals surface area contributed by atoms with Crippen molar-refractivity contribution in [3.63, 3.8) is 0 Å². The number of carbonyl (C=O) groups excluding carboxylic acids is 1. The Balaban J connectivity index is 1.53. The Labute approximate surface area is 166 Å². The summed E-state index contributed by atoms with van der Waals surface area (Å²) in [6.07, 6.45) is 1.93. The highest BCUT2D eigenvalue weighted by Gasteiger charge is 2.26. The Morgan fingerprint density at radius 2 is 2.00 bits per heavy atom. The smallest absolute Gasteiger partial charge is 0.311 e. The van der Waals surface area contributed by atoms with Crippen molar-refractivity contribution in [2.75, 3.05) is 17.8 Å². The zero-order valence-corrected chi connectivity index (χ0v) is 16.7. The number of hydrogen-bond acceptors (Lipinski definition) is 7. The van der Waals surface area contributed by atoms with Crippen LogP contribution in [0, 0.1) is 6.92 Å². The second kappa shape index (κ2) is 7.36.